The van der Waals surface area contributed by atoms with Crippen LogP contribution in [0.2, 0.25) is 0 Å². The smallest absolute Gasteiger partial charge is 0.304 e. The van der Waals surface area contributed by atoms with Crippen LogP contribution >= 0.6 is 0 Å². The van der Waals surface area contributed by atoms with Crippen molar-refractivity contribution in [3.05, 3.63) is 201 Å². The summed E-state index contributed by atoms with van der Waals surface area (Å²) in [6.45, 7) is 32.2. The first-order valence-electron chi connectivity index (χ1n) is 33.4. The Balaban J connectivity index is 0.000000185. The zero-order chi connectivity index (χ0) is 67.7. The number of halogens is 9. The lowest BCUT2D eigenvalue weighted by Gasteiger charge is -2.33. The van der Waals surface area contributed by atoms with Crippen molar-refractivity contribution >= 4 is 0 Å². The highest BCUT2D eigenvalue weighted by atomic mass is 19.4. The van der Waals surface area contributed by atoms with Gasteiger partial charge < -0.3 is 14.7 Å². The minimum atomic E-state index is -4.26. The number of hydrogen-bond donors (Lipinski definition) is 0. The SMILES string of the molecule is C=CCN1CCC(c2cccc(C(F)(F)F)c2C)CC1.C=CCN1CCC(c2cccc(F)c2C#N)CC1.CCCN1CCC(c2cccc(C(F)(F)F)c2C)CC1.CCCN1CCC(c2cccc(F)c2C#N)CC1.CCN1CCC(c2cccc(F)c2C#N)CC1. The van der Waals surface area contributed by atoms with E-state index in [1.807, 2.05) is 60.7 Å². The molecule has 0 saturated carbocycles. The third-order valence-electron chi connectivity index (χ3n) is 19.3. The van der Waals surface area contributed by atoms with Crippen molar-refractivity contribution < 1.29 is 39.5 Å². The summed E-state index contributed by atoms with van der Waals surface area (Å²) in [5.74, 6) is 0.309. The van der Waals surface area contributed by atoms with Crippen LogP contribution in [-0.4, -0.2) is 123 Å². The zero-order valence-corrected chi connectivity index (χ0v) is 55.2. The number of rotatable bonds is 14. The van der Waals surface area contributed by atoms with Crippen LogP contribution in [0, 0.1) is 65.3 Å². The van der Waals surface area contributed by atoms with E-state index in [1.165, 1.54) is 42.8 Å². The second-order valence-electron chi connectivity index (χ2n) is 25.2. The third-order valence-corrected chi connectivity index (χ3v) is 19.3. The van der Waals surface area contributed by atoms with E-state index in [0.29, 0.717) is 28.9 Å². The number of hydrogen-bond acceptors (Lipinski definition) is 8. The molecule has 5 saturated heterocycles. The van der Waals surface area contributed by atoms with E-state index < -0.39 is 29.3 Å². The van der Waals surface area contributed by atoms with Crippen LogP contribution in [0.3, 0.4) is 0 Å². The lowest BCUT2D eigenvalue weighted by atomic mass is 9.85. The molecule has 0 spiro atoms. The predicted octanol–water partition coefficient (Wildman–Crippen LogP) is 18.2. The average Bonchev–Trinajstić information content (AvgIpc) is 1.40. The number of piperidine rings is 5. The number of nitriles is 3. The lowest BCUT2D eigenvalue weighted by Crippen LogP contribution is -2.33. The Bertz CT molecular complexity index is 3260. The van der Waals surface area contributed by atoms with Crippen molar-refractivity contribution in [3.63, 3.8) is 0 Å². The molecule has 0 unspecified atom stereocenters. The maximum absolute atomic E-state index is 13.6. The normalized spacial score (nSPS) is 17.9. The van der Waals surface area contributed by atoms with Gasteiger partial charge in [-0.25, -0.2) is 13.2 Å². The molecule has 0 amide bonds. The van der Waals surface area contributed by atoms with Gasteiger partial charge in [0.15, 0.2) is 0 Å². The van der Waals surface area contributed by atoms with Crippen molar-refractivity contribution in [1.82, 2.24) is 24.5 Å². The molecule has 5 aliphatic rings. The molecule has 0 aliphatic carbocycles. The third kappa shape index (κ3) is 21.6. The molecule has 5 aromatic rings. The summed E-state index contributed by atoms with van der Waals surface area (Å²) in [6.07, 6.45) is 7.37. The fraction of sp³-hybridized carbons (Fsp3) is 0.513. The summed E-state index contributed by atoms with van der Waals surface area (Å²) >= 11 is 0. The summed E-state index contributed by atoms with van der Waals surface area (Å²) in [5.41, 5.74) is 4.93. The van der Waals surface area contributed by atoms with Gasteiger partial charge >= 0.3 is 12.4 Å². The van der Waals surface area contributed by atoms with Gasteiger partial charge in [0.25, 0.3) is 0 Å². The maximum atomic E-state index is 13.6. The van der Waals surface area contributed by atoms with Crippen molar-refractivity contribution in [3.8, 4) is 18.2 Å². The first-order chi connectivity index (χ1) is 44.6. The van der Waals surface area contributed by atoms with E-state index in [1.54, 1.807) is 38.1 Å². The fourth-order valence-corrected chi connectivity index (χ4v) is 14.1. The molecule has 0 radical (unpaired) electrons. The quantitative estimate of drug-likeness (QED) is 0.0803. The van der Waals surface area contributed by atoms with Gasteiger partial charge in [0.2, 0.25) is 0 Å². The number of benzene rings is 5. The van der Waals surface area contributed by atoms with Gasteiger partial charge in [0, 0.05) is 13.1 Å². The highest BCUT2D eigenvalue weighted by Gasteiger charge is 2.36. The van der Waals surface area contributed by atoms with Crippen LogP contribution in [0.1, 0.15) is 194 Å². The van der Waals surface area contributed by atoms with Crippen LogP contribution < -0.4 is 0 Å². The van der Waals surface area contributed by atoms with Crippen molar-refractivity contribution in [1.29, 1.82) is 15.8 Å². The van der Waals surface area contributed by atoms with Crippen LogP contribution in [0.4, 0.5) is 39.5 Å². The minimum Gasteiger partial charge on any atom is -0.304 e. The zero-order valence-electron chi connectivity index (χ0n) is 55.2. The van der Waals surface area contributed by atoms with Crippen molar-refractivity contribution in [2.24, 2.45) is 0 Å². The predicted molar refractivity (Wildman–Crippen MR) is 354 cm³/mol. The largest absolute Gasteiger partial charge is 0.416 e. The van der Waals surface area contributed by atoms with Crippen LogP contribution in [0.25, 0.3) is 0 Å². The molecule has 10 rings (SSSR count). The van der Waals surface area contributed by atoms with Gasteiger partial charge in [0.05, 0.1) is 27.8 Å². The monoisotopic (exact) mass is 1290 g/mol. The molecule has 0 atom stereocenters. The fourth-order valence-electron chi connectivity index (χ4n) is 14.1. The Morgan fingerprint density at radius 3 is 0.892 bits per heavy atom. The molecule has 502 valence electrons. The Labute approximate surface area is 548 Å². The van der Waals surface area contributed by atoms with Gasteiger partial charge in [-0.2, -0.15) is 42.1 Å². The van der Waals surface area contributed by atoms with Gasteiger partial charge in [-0.15, -0.1) is 13.2 Å². The number of likely N-dealkylation sites (tertiary alicyclic amines) is 5. The van der Waals surface area contributed by atoms with Gasteiger partial charge in [-0.05, 0) is 275 Å². The second-order valence-corrected chi connectivity index (χ2v) is 25.2. The summed E-state index contributed by atoms with van der Waals surface area (Å²) in [5, 5.41) is 27.1. The summed E-state index contributed by atoms with van der Waals surface area (Å²) in [4.78, 5) is 11.9. The topological polar surface area (TPSA) is 87.6 Å². The minimum absolute atomic E-state index is 0.222. The molecular weight excluding hydrogens is 1200 g/mol. The second kappa shape index (κ2) is 37.3. The molecule has 0 bridgehead atoms. The average molecular weight is 1290 g/mol. The van der Waals surface area contributed by atoms with Gasteiger partial charge in [-0.3, -0.25) is 9.80 Å². The maximum Gasteiger partial charge on any atom is 0.416 e. The molecule has 93 heavy (non-hydrogen) atoms. The summed E-state index contributed by atoms with van der Waals surface area (Å²) in [6, 6.07) is 30.0. The highest BCUT2D eigenvalue weighted by molar-refractivity contribution is 5.44. The van der Waals surface area contributed by atoms with Crippen molar-refractivity contribution in [2.45, 2.75) is 154 Å². The molecule has 8 nitrogen and oxygen atoms in total. The van der Waals surface area contributed by atoms with Crippen LogP contribution in [0.5, 0.6) is 0 Å². The molecule has 5 fully saturated rings. The molecule has 5 aliphatic heterocycles. The summed E-state index contributed by atoms with van der Waals surface area (Å²) < 4.78 is 118. The van der Waals surface area contributed by atoms with E-state index in [2.05, 4.69) is 58.4 Å². The molecule has 17 heteroatoms. The Morgan fingerprint density at radius 2 is 0.645 bits per heavy atom. The van der Waals surface area contributed by atoms with E-state index in [9.17, 15) is 39.5 Å². The van der Waals surface area contributed by atoms with E-state index in [4.69, 9.17) is 15.8 Å². The first kappa shape index (κ1) is 75.3. The van der Waals surface area contributed by atoms with Crippen LogP contribution in [0.15, 0.2) is 116 Å². The Kier molecular flexibility index (Phi) is 30.2. The van der Waals surface area contributed by atoms with E-state index in [-0.39, 0.29) is 40.2 Å². The molecule has 0 N–H and O–H groups in total. The summed E-state index contributed by atoms with van der Waals surface area (Å²) in [7, 11) is 0. The first-order valence-corrected chi connectivity index (χ1v) is 33.4. The molecule has 5 aromatic carbocycles. The van der Waals surface area contributed by atoms with Gasteiger partial charge in [-0.1, -0.05) is 93.6 Å². The Morgan fingerprint density at radius 1 is 0.398 bits per heavy atom. The standard InChI is InChI=1S/C16H22F3N.C16H20F3N.C15H19FN2.C15H17FN2.C14H17FN2/c2*1-3-9-20-10-7-13(8-11-20)14-5-4-6-15(12(14)2)16(17,18)19;2*1-2-8-18-9-6-12(7-10-18)13-4-3-5-15(16)14(13)11-17;1-2-17-8-6-11(7-9-17)12-4-3-5-14(15)13(12)10-16/h4-6,13H,3,7-11H2,1-2H3;3-6,13H,1,7-11H2,2H3;3-5,12H,2,6-10H2,1H3;2-5,12H,1,6-10H2;3-5,11H,2,6-9H2,1H3. The van der Waals surface area contributed by atoms with Crippen LogP contribution in [-0.2, 0) is 12.4 Å². The number of alkyl halides is 6. The highest BCUT2D eigenvalue weighted by Crippen LogP contribution is 2.40. The Hall–Kier alpha value is -6.78. The lowest BCUT2D eigenvalue weighted by molar-refractivity contribution is -0.139. The molecule has 0 aromatic heterocycles. The molecular formula is C76H95F9N8. The van der Waals surface area contributed by atoms with Crippen molar-refractivity contribution in [2.75, 3.05) is 98.2 Å². The van der Waals surface area contributed by atoms with E-state index in [0.717, 1.165) is 197 Å². The van der Waals surface area contributed by atoms with E-state index >= 15 is 0 Å². The molecule has 5 heterocycles. The number of nitrogens with zero attached hydrogens (tertiary/aromatic N) is 8. The van der Waals surface area contributed by atoms with Gasteiger partial charge in [0.1, 0.15) is 35.7 Å².